The van der Waals surface area contributed by atoms with E-state index in [1.807, 2.05) is 31.2 Å². The number of sulfonamides is 1. The van der Waals surface area contributed by atoms with E-state index in [-0.39, 0.29) is 37.4 Å². The second kappa shape index (κ2) is 14.2. The number of methoxy groups -OCH3 is 2. The van der Waals surface area contributed by atoms with E-state index >= 15 is 0 Å². The SMILES string of the molecule is CCC(C(=O)NC1CCCC1)N(Cc1cccc(OC)c1)C(=O)CCCN(c1ccc(OC)cc1)S(C)(=O)=O. The van der Waals surface area contributed by atoms with Crippen LogP contribution in [0.5, 0.6) is 11.5 Å². The van der Waals surface area contributed by atoms with Crippen molar-refractivity contribution in [2.75, 3.05) is 31.3 Å². The molecule has 1 atom stereocenters. The van der Waals surface area contributed by atoms with Crippen molar-refractivity contribution in [3.8, 4) is 11.5 Å². The molecule has 1 fully saturated rings. The Bertz CT molecular complexity index is 1200. The van der Waals surface area contributed by atoms with Crippen LogP contribution >= 0.6 is 0 Å². The lowest BCUT2D eigenvalue weighted by Gasteiger charge is -2.32. The Labute approximate surface area is 232 Å². The van der Waals surface area contributed by atoms with Gasteiger partial charge in [0, 0.05) is 25.6 Å². The molecule has 0 spiro atoms. The first kappa shape index (κ1) is 30.3. The molecule has 3 rings (SSSR count). The molecule has 39 heavy (non-hydrogen) atoms. The third-order valence-electron chi connectivity index (χ3n) is 7.09. The smallest absolute Gasteiger partial charge is 0.243 e. The molecule has 10 heteroatoms. The molecule has 0 bridgehead atoms. The Hall–Kier alpha value is -3.27. The highest BCUT2D eigenvalue weighted by Gasteiger charge is 2.30. The molecule has 0 aromatic heterocycles. The van der Waals surface area contributed by atoms with E-state index in [1.165, 1.54) is 4.31 Å². The zero-order valence-corrected chi connectivity index (χ0v) is 24.2. The van der Waals surface area contributed by atoms with Crippen molar-refractivity contribution in [2.24, 2.45) is 0 Å². The molecule has 1 unspecified atom stereocenters. The Kier molecular flexibility index (Phi) is 11.0. The van der Waals surface area contributed by atoms with E-state index in [0.717, 1.165) is 37.5 Å². The van der Waals surface area contributed by atoms with Crippen molar-refractivity contribution >= 4 is 27.5 Å². The van der Waals surface area contributed by atoms with Gasteiger partial charge in [-0.3, -0.25) is 13.9 Å². The molecular formula is C29H41N3O6S. The van der Waals surface area contributed by atoms with Crippen LogP contribution in [0.4, 0.5) is 5.69 Å². The van der Waals surface area contributed by atoms with Gasteiger partial charge < -0.3 is 19.7 Å². The molecule has 1 aliphatic rings. The first-order valence-electron chi connectivity index (χ1n) is 13.5. The summed E-state index contributed by atoms with van der Waals surface area (Å²) in [5, 5.41) is 3.14. The molecule has 2 aromatic carbocycles. The summed E-state index contributed by atoms with van der Waals surface area (Å²) in [5.74, 6) is 0.953. The third kappa shape index (κ3) is 8.61. The van der Waals surface area contributed by atoms with Gasteiger partial charge in [0.15, 0.2) is 0 Å². The monoisotopic (exact) mass is 559 g/mol. The molecule has 1 N–H and O–H groups in total. The fraction of sp³-hybridized carbons (Fsp3) is 0.517. The van der Waals surface area contributed by atoms with Gasteiger partial charge >= 0.3 is 0 Å². The largest absolute Gasteiger partial charge is 0.497 e. The maximum Gasteiger partial charge on any atom is 0.243 e. The van der Waals surface area contributed by atoms with Crippen LogP contribution in [0.15, 0.2) is 48.5 Å². The predicted molar refractivity (Wildman–Crippen MR) is 152 cm³/mol. The van der Waals surface area contributed by atoms with Gasteiger partial charge in [-0.25, -0.2) is 8.42 Å². The molecule has 0 saturated heterocycles. The van der Waals surface area contributed by atoms with Crippen LogP contribution in [0.3, 0.4) is 0 Å². The van der Waals surface area contributed by atoms with Crippen molar-refractivity contribution in [3.63, 3.8) is 0 Å². The maximum absolute atomic E-state index is 13.6. The van der Waals surface area contributed by atoms with Crippen LogP contribution in [0.25, 0.3) is 0 Å². The Morgan fingerprint density at radius 2 is 1.69 bits per heavy atom. The van der Waals surface area contributed by atoms with Crippen LogP contribution < -0.4 is 19.1 Å². The average Bonchev–Trinajstić information content (AvgIpc) is 3.43. The van der Waals surface area contributed by atoms with Crippen molar-refractivity contribution < 1.29 is 27.5 Å². The maximum atomic E-state index is 13.6. The van der Waals surface area contributed by atoms with E-state index in [9.17, 15) is 18.0 Å². The number of carbonyl (C=O) groups is 2. The summed E-state index contributed by atoms with van der Waals surface area (Å²) in [6, 6.07) is 13.7. The minimum atomic E-state index is -3.57. The zero-order valence-electron chi connectivity index (χ0n) is 23.4. The number of amides is 2. The molecule has 0 heterocycles. The first-order valence-corrected chi connectivity index (χ1v) is 15.4. The van der Waals surface area contributed by atoms with E-state index in [2.05, 4.69) is 5.32 Å². The van der Waals surface area contributed by atoms with Gasteiger partial charge in [-0.2, -0.15) is 0 Å². The van der Waals surface area contributed by atoms with Crippen LogP contribution in [0.2, 0.25) is 0 Å². The van der Waals surface area contributed by atoms with Crippen molar-refractivity contribution in [3.05, 3.63) is 54.1 Å². The molecule has 1 aliphatic carbocycles. The van der Waals surface area contributed by atoms with E-state index in [1.54, 1.807) is 43.4 Å². The number of benzene rings is 2. The zero-order chi connectivity index (χ0) is 28.4. The highest BCUT2D eigenvalue weighted by Crippen LogP contribution is 2.24. The summed E-state index contributed by atoms with van der Waals surface area (Å²) in [6.45, 7) is 2.29. The molecule has 1 saturated carbocycles. The van der Waals surface area contributed by atoms with Crippen LogP contribution in [-0.4, -0.2) is 64.2 Å². The predicted octanol–water partition coefficient (Wildman–Crippen LogP) is 4.12. The Morgan fingerprint density at radius 1 is 1.03 bits per heavy atom. The molecule has 9 nitrogen and oxygen atoms in total. The molecule has 0 radical (unpaired) electrons. The summed E-state index contributed by atoms with van der Waals surface area (Å²) in [6.07, 6.45) is 6.12. The van der Waals surface area contributed by atoms with Gasteiger partial charge in [0.25, 0.3) is 0 Å². The highest BCUT2D eigenvalue weighted by atomic mass is 32.2. The number of rotatable bonds is 14. The fourth-order valence-electron chi connectivity index (χ4n) is 5.01. The molecule has 0 aliphatic heterocycles. The second-order valence-electron chi connectivity index (χ2n) is 9.92. The minimum Gasteiger partial charge on any atom is -0.497 e. The van der Waals surface area contributed by atoms with E-state index in [4.69, 9.17) is 9.47 Å². The van der Waals surface area contributed by atoms with Crippen LogP contribution in [0, 0.1) is 0 Å². The van der Waals surface area contributed by atoms with Crippen molar-refractivity contribution in [1.82, 2.24) is 10.2 Å². The minimum absolute atomic E-state index is 0.0966. The van der Waals surface area contributed by atoms with E-state index in [0.29, 0.717) is 30.0 Å². The standard InChI is InChI=1S/C29H41N3O6S/c1-5-27(29(34)30-23-11-6-7-12-23)31(21-22-10-8-13-26(20-22)38-3)28(33)14-9-19-32(39(4,35)36)24-15-17-25(37-2)18-16-24/h8,10,13,15-18,20,23,27H,5-7,9,11-12,14,19,21H2,1-4H3,(H,30,34). The van der Waals surface area contributed by atoms with Gasteiger partial charge in [-0.05, 0) is 67.6 Å². The lowest BCUT2D eigenvalue weighted by atomic mass is 10.1. The highest BCUT2D eigenvalue weighted by molar-refractivity contribution is 7.92. The van der Waals surface area contributed by atoms with Gasteiger partial charge in [0.2, 0.25) is 21.8 Å². The number of anilines is 1. The number of nitrogens with one attached hydrogen (secondary N) is 1. The Balaban J connectivity index is 1.76. The molecular weight excluding hydrogens is 518 g/mol. The van der Waals surface area contributed by atoms with Gasteiger partial charge in [-0.15, -0.1) is 0 Å². The van der Waals surface area contributed by atoms with Gasteiger partial charge in [-0.1, -0.05) is 31.9 Å². The average molecular weight is 560 g/mol. The number of nitrogens with zero attached hydrogens (tertiary/aromatic N) is 2. The lowest BCUT2D eigenvalue weighted by molar-refractivity contribution is -0.141. The fourth-order valence-corrected chi connectivity index (χ4v) is 5.97. The molecule has 2 amide bonds. The number of hydrogen-bond donors (Lipinski definition) is 1. The quantitative estimate of drug-likeness (QED) is 0.373. The molecule has 2 aromatic rings. The third-order valence-corrected chi connectivity index (χ3v) is 8.28. The Morgan fingerprint density at radius 3 is 2.28 bits per heavy atom. The van der Waals surface area contributed by atoms with Gasteiger partial charge in [0.1, 0.15) is 17.5 Å². The summed E-state index contributed by atoms with van der Waals surface area (Å²) < 4.78 is 36.9. The second-order valence-corrected chi connectivity index (χ2v) is 11.8. The van der Waals surface area contributed by atoms with Gasteiger partial charge in [0.05, 0.1) is 26.2 Å². The van der Waals surface area contributed by atoms with Crippen LogP contribution in [0.1, 0.15) is 57.4 Å². The summed E-state index contributed by atoms with van der Waals surface area (Å²) >= 11 is 0. The molecule has 214 valence electrons. The van der Waals surface area contributed by atoms with Crippen molar-refractivity contribution in [2.45, 2.75) is 70.5 Å². The van der Waals surface area contributed by atoms with Crippen molar-refractivity contribution in [1.29, 1.82) is 0 Å². The van der Waals surface area contributed by atoms with Crippen LogP contribution in [-0.2, 0) is 26.2 Å². The number of carbonyl (C=O) groups excluding carboxylic acids is 2. The number of hydrogen-bond acceptors (Lipinski definition) is 6. The number of ether oxygens (including phenoxy) is 2. The lowest BCUT2D eigenvalue weighted by Crippen LogP contribution is -2.51. The normalized spacial score (nSPS) is 14.5. The first-order chi connectivity index (χ1) is 18.7. The topological polar surface area (TPSA) is 105 Å². The summed E-state index contributed by atoms with van der Waals surface area (Å²) in [7, 11) is -0.439. The summed E-state index contributed by atoms with van der Waals surface area (Å²) in [4.78, 5) is 28.6. The van der Waals surface area contributed by atoms with E-state index < -0.39 is 16.1 Å². The summed E-state index contributed by atoms with van der Waals surface area (Å²) in [5.41, 5.74) is 1.35.